The summed E-state index contributed by atoms with van der Waals surface area (Å²) in [4.78, 5) is 4.48. The number of aliphatic hydroxyl groups excluding tert-OH is 1. The Morgan fingerprint density at radius 2 is 2.10 bits per heavy atom. The van der Waals surface area contributed by atoms with Gasteiger partial charge in [0.05, 0.1) is 17.0 Å². The molecule has 21 heavy (non-hydrogen) atoms. The average Bonchev–Trinajstić information content (AvgIpc) is 2.54. The SMILES string of the molecule is O=S(=O)(c1cccc2ncccc12)N1CCCCC1CO. The summed E-state index contributed by atoms with van der Waals surface area (Å²) in [6, 6.07) is 8.31. The number of nitrogens with zero attached hydrogens (tertiary/aromatic N) is 2. The monoisotopic (exact) mass is 306 g/mol. The number of benzene rings is 1. The molecule has 0 bridgehead atoms. The third kappa shape index (κ3) is 2.54. The first-order valence-corrected chi connectivity index (χ1v) is 8.55. The highest BCUT2D eigenvalue weighted by Crippen LogP contribution is 2.29. The molecule has 1 aliphatic heterocycles. The van der Waals surface area contributed by atoms with Gasteiger partial charge in [-0.3, -0.25) is 4.98 Å². The zero-order valence-electron chi connectivity index (χ0n) is 11.6. The minimum atomic E-state index is -3.62. The highest BCUT2D eigenvalue weighted by molar-refractivity contribution is 7.89. The predicted octanol–water partition coefficient (Wildman–Crippen LogP) is 1.77. The number of rotatable bonds is 3. The maximum Gasteiger partial charge on any atom is 0.244 e. The zero-order valence-corrected chi connectivity index (χ0v) is 12.5. The number of fused-ring (bicyclic) bond motifs is 1. The van der Waals surface area contributed by atoms with Crippen molar-refractivity contribution < 1.29 is 13.5 Å². The Morgan fingerprint density at radius 3 is 2.90 bits per heavy atom. The van der Waals surface area contributed by atoms with Crippen molar-refractivity contribution in [2.75, 3.05) is 13.2 Å². The van der Waals surface area contributed by atoms with E-state index >= 15 is 0 Å². The summed E-state index contributed by atoms with van der Waals surface area (Å²) < 4.78 is 27.4. The molecule has 0 radical (unpaired) electrons. The minimum absolute atomic E-state index is 0.137. The van der Waals surface area contributed by atoms with Crippen LogP contribution >= 0.6 is 0 Å². The first-order valence-electron chi connectivity index (χ1n) is 7.11. The van der Waals surface area contributed by atoms with Crippen molar-refractivity contribution in [3.05, 3.63) is 36.5 Å². The van der Waals surface area contributed by atoms with Gasteiger partial charge in [0.1, 0.15) is 0 Å². The minimum Gasteiger partial charge on any atom is -0.395 e. The van der Waals surface area contributed by atoms with Crippen molar-refractivity contribution in [1.82, 2.24) is 9.29 Å². The van der Waals surface area contributed by atoms with Crippen molar-refractivity contribution in [3.8, 4) is 0 Å². The van der Waals surface area contributed by atoms with E-state index in [1.54, 1.807) is 36.5 Å². The molecule has 1 N–H and O–H groups in total. The summed E-state index contributed by atoms with van der Waals surface area (Å²) in [7, 11) is -3.62. The Morgan fingerprint density at radius 1 is 1.24 bits per heavy atom. The largest absolute Gasteiger partial charge is 0.395 e. The number of sulfonamides is 1. The van der Waals surface area contributed by atoms with Crippen LogP contribution < -0.4 is 0 Å². The number of hydrogen-bond acceptors (Lipinski definition) is 4. The molecule has 1 fully saturated rings. The van der Waals surface area contributed by atoms with Crippen LogP contribution in [0.4, 0.5) is 0 Å². The van der Waals surface area contributed by atoms with Gasteiger partial charge in [0.15, 0.2) is 0 Å². The van der Waals surface area contributed by atoms with Crippen LogP contribution in [0.5, 0.6) is 0 Å². The molecule has 3 rings (SSSR count). The quantitative estimate of drug-likeness (QED) is 0.938. The van der Waals surface area contributed by atoms with E-state index in [0.29, 0.717) is 23.9 Å². The summed E-state index contributed by atoms with van der Waals surface area (Å²) in [6.07, 6.45) is 4.14. The van der Waals surface area contributed by atoms with Crippen LogP contribution in [0.15, 0.2) is 41.4 Å². The van der Waals surface area contributed by atoms with Crippen LogP contribution in [0.2, 0.25) is 0 Å². The molecule has 0 amide bonds. The molecule has 1 unspecified atom stereocenters. The van der Waals surface area contributed by atoms with Gasteiger partial charge >= 0.3 is 0 Å². The van der Waals surface area contributed by atoms with Gasteiger partial charge < -0.3 is 5.11 Å². The molecule has 1 aromatic heterocycles. The number of hydrogen-bond donors (Lipinski definition) is 1. The Hall–Kier alpha value is -1.50. The summed E-state index contributed by atoms with van der Waals surface area (Å²) in [6.45, 7) is 0.326. The molecule has 2 heterocycles. The molecule has 0 aliphatic carbocycles. The Kier molecular flexibility index (Phi) is 3.93. The molecule has 112 valence electrons. The van der Waals surface area contributed by atoms with Gasteiger partial charge in [0, 0.05) is 24.2 Å². The first kappa shape index (κ1) is 14.4. The predicted molar refractivity (Wildman–Crippen MR) is 80.4 cm³/mol. The lowest BCUT2D eigenvalue weighted by molar-refractivity contribution is 0.155. The molecule has 6 heteroatoms. The Balaban J connectivity index is 2.12. The third-order valence-electron chi connectivity index (χ3n) is 3.98. The van der Waals surface area contributed by atoms with Crippen LogP contribution in [0.25, 0.3) is 10.9 Å². The molecule has 1 saturated heterocycles. The van der Waals surface area contributed by atoms with Gasteiger partial charge in [-0.2, -0.15) is 4.31 Å². The van der Waals surface area contributed by atoms with E-state index in [4.69, 9.17) is 0 Å². The normalized spacial score (nSPS) is 20.7. The van der Waals surface area contributed by atoms with Crippen LogP contribution in [-0.4, -0.2) is 42.0 Å². The van der Waals surface area contributed by atoms with Crippen LogP contribution in [0, 0.1) is 0 Å². The number of pyridine rings is 1. The number of aliphatic hydroxyl groups is 1. The van der Waals surface area contributed by atoms with Crippen LogP contribution in [0.3, 0.4) is 0 Å². The topological polar surface area (TPSA) is 70.5 Å². The van der Waals surface area contributed by atoms with Gasteiger partial charge in [0.25, 0.3) is 0 Å². The molecular formula is C15H18N2O3S. The lowest BCUT2D eigenvalue weighted by Gasteiger charge is -2.33. The standard InChI is InChI=1S/C15H18N2O3S/c18-11-12-5-1-2-10-17(12)21(19,20)15-8-3-7-14-13(15)6-4-9-16-14/h3-4,6-9,12,18H,1-2,5,10-11H2. The molecule has 0 spiro atoms. The van der Waals surface area contributed by atoms with Crippen molar-refractivity contribution in [1.29, 1.82) is 0 Å². The second-order valence-electron chi connectivity index (χ2n) is 5.27. The average molecular weight is 306 g/mol. The van der Waals surface area contributed by atoms with Crippen molar-refractivity contribution >= 4 is 20.9 Å². The lowest BCUT2D eigenvalue weighted by atomic mass is 10.1. The molecular weight excluding hydrogens is 288 g/mol. The Bertz CT molecular complexity index is 740. The summed E-state index contributed by atoms with van der Waals surface area (Å²) in [5, 5.41) is 10.1. The van der Waals surface area contributed by atoms with E-state index in [-0.39, 0.29) is 17.5 Å². The van der Waals surface area contributed by atoms with E-state index < -0.39 is 10.0 Å². The van der Waals surface area contributed by atoms with Crippen molar-refractivity contribution in [2.45, 2.75) is 30.2 Å². The van der Waals surface area contributed by atoms with E-state index in [2.05, 4.69) is 4.98 Å². The van der Waals surface area contributed by atoms with E-state index in [1.807, 2.05) is 0 Å². The molecule has 0 saturated carbocycles. The van der Waals surface area contributed by atoms with Gasteiger partial charge in [0.2, 0.25) is 10.0 Å². The highest BCUT2D eigenvalue weighted by atomic mass is 32.2. The van der Waals surface area contributed by atoms with E-state index in [9.17, 15) is 13.5 Å². The van der Waals surface area contributed by atoms with Gasteiger partial charge in [-0.05, 0) is 37.1 Å². The summed E-state index contributed by atoms with van der Waals surface area (Å²) in [5.41, 5.74) is 0.663. The van der Waals surface area contributed by atoms with E-state index in [1.165, 1.54) is 4.31 Å². The molecule has 2 aromatic rings. The highest BCUT2D eigenvalue weighted by Gasteiger charge is 2.33. The molecule has 5 nitrogen and oxygen atoms in total. The van der Waals surface area contributed by atoms with Gasteiger partial charge in [-0.25, -0.2) is 8.42 Å². The second kappa shape index (κ2) is 5.71. The number of piperidine rings is 1. The van der Waals surface area contributed by atoms with Crippen molar-refractivity contribution in [3.63, 3.8) is 0 Å². The third-order valence-corrected chi connectivity index (χ3v) is 5.99. The number of aromatic nitrogens is 1. The van der Waals surface area contributed by atoms with Crippen LogP contribution in [0.1, 0.15) is 19.3 Å². The van der Waals surface area contributed by atoms with Gasteiger partial charge in [-0.1, -0.05) is 12.5 Å². The van der Waals surface area contributed by atoms with E-state index in [0.717, 1.165) is 12.8 Å². The molecule has 1 atom stereocenters. The zero-order chi connectivity index (χ0) is 14.9. The lowest BCUT2D eigenvalue weighted by Crippen LogP contribution is -2.45. The van der Waals surface area contributed by atoms with Gasteiger partial charge in [-0.15, -0.1) is 0 Å². The van der Waals surface area contributed by atoms with Crippen molar-refractivity contribution in [2.24, 2.45) is 0 Å². The van der Waals surface area contributed by atoms with Crippen LogP contribution in [-0.2, 0) is 10.0 Å². The molecule has 1 aliphatic rings. The summed E-state index contributed by atoms with van der Waals surface area (Å²) in [5.74, 6) is 0. The first-order chi connectivity index (χ1) is 10.1. The maximum absolute atomic E-state index is 13.0. The molecule has 1 aromatic carbocycles. The fourth-order valence-corrected chi connectivity index (χ4v) is 4.79. The fraction of sp³-hybridized carbons (Fsp3) is 0.400. The summed E-state index contributed by atoms with van der Waals surface area (Å²) >= 11 is 0. The Labute approximate surface area is 124 Å². The maximum atomic E-state index is 13.0. The smallest absolute Gasteiger partial charge is 0.244 e. The second-order valence-corrected chi connectivity index (χ2v) is 7.13. The fourth-order valence-electron chi connectivity index (χ4n) is 2.90.